The zero-order valence-electron chi connectivity index (χ0n) is 13.8. The molecule has 0 aliphatic rings. The van der Waals surface area contributed by atoms with Crippen LogP contribution in [0.15, 0.2) is 36.7 Å². The third kappa shape index (κ3) is 4.01. The second kappa shape index (κ2) is 6.86. The summed E-state index contributed by atoms with van der Waals surface area (Å²) < 4.78 is 27.3. The first kappa shape index (κ1) is 17.7. The van der Waals surface area contributed by atoms with E-state index in [1.807, 2.05) is 31.2 Å². The number of pyridine rings is 1. The molecule has 0 fully saturated rings. The Balaban J connectivity index is 2.15. The average molecular weight is 331 g/mol. The molecule has 1 aromatic heterocycles. The smallest absolute Gasteiger partial charge is 0.257 e. The fourth-order valence-corrected chi connectivity index (χ4v) is 2.49. The zero-order valence-corrected chi connectivity index (χ0v) is 13.8. The van der Waals surface area contributed by atoms with Crippen LogP contribution < -0.4 is 5.32 Å². The molecule has 0 unspecified atom stereocenters. The highest BCUT2D eigenvalue weighted by Gasteiger charge is 2.27. The Labute approximate surface area is 139 Å². The third-order valence-electron chi connectivity index (χ3n) is 3.62. The van der Waals surface area contributed by atoms with Crippen molar-refractivity contribution in [3.05, 3.63) is 65.0 Å². The molecule has 0 aliphatic heterocycles. The second-order valence-corrected chi connectivity index (χ2v) is 6.29. The van der Waals surface area contributed by atoms with Crippen LogP contribution in [-0.4, -0.2) is 22.1 Å². The van der Waals surface area contributed by atoms with Crippen LogP contribution in [0.4, 0.5) is 8.78 Å². The van der Waals surface area contributed by atoms with Crippen LogP contribution in [0.25, 0.3) is 0 Å². The molecule has 1 heterocycles. The average Bonchev–Trinajstić information content (AvgIpc) is 2.46. The summed E-state index contributed by atoms with van der Waals surface area (Å²) in [5.41, 5.74) is 0.560. The molecule has 126 valence electrons. The minimum absolute atomic E-state index is 0.220. The zero-order chi connectivity index (χ0) is 17.9. The predicted molar refractivity (Wildman–Crippen MR) is 88.3 cm³/mol. The summed E-state index contributed by atoms with van der Waals surface area (Å²) in [7, 11) is 0. The van der Waals surface area contributed by atoms with Gasteiger partial charge < -0.3 is 10.7 Å². The summed E-state index contributed by atoms with van der Waals surface area (Å²) in [5, 5.41) is 10.8. The van der Waals surface area contributed by atoms with Gasteiger partial charge in [-0.2, -0.15) is 0 Å². The van der Waals surface area contributed by atoms with Crippen LogP contribution in [-0.2, 0) is 0 Å². The lowest BCUT2D eigenvalue weighted by molar-refractivity contribution is 0.0906. The number of rotatable bonds is 5. The van der Waals surface area contributed by atoms with Gasteiger partial charge in [0.2, 0.25) is 0 Å². The monoisotopic (exact) mass is 331 g/mol. The number of nitrogens with one attached hydrogen (secondary N) is 2. The third-order valence-corrected chi connectivity index (χ3v) is 3.62. The van der Waals surface area contributed by atoms with E-state index < -0.39 is 28.6 Å². The summed E-state index contributed by atoms with van der Waals surface area (Å²) in [4.78, 5) is 15.6. The fraction of sp³-hybridized carbons (Fsp3) is 0.278. The largest absolute Gasteiger partial charge is 0.347 e. The van der Waals surface area contributed by atoms with Gasteiger partial charge in [-0.1, -0.05) is 24.3 Å². The van der Waals surface area contributed by atoms with Crippen molar-refractivity contribution in [2.75, 3.05) is 0 Å². The highest BCUT2D eigenvalue weighted by molar-refractivity contribution is 6.01. The highest BCUT2D eigenvalue weighted by Crippen LogP contribution is 2.18. The van der Waals surface area contributed by atoms with E-state index in [9.17, 15) is 13.6 Å². The number of halogens is 2. The standard InChI is InChI=1S/C18H19F2N3O/c1-11-6-4-5-7-12(11)15(21)8-18(2,3)23-17(24)16-13(19)9-22-10-14(16)20/h4-7,9-10,21H,8H2,1-3H3,(H,23,24). The molecule has 2 N–H and O–H groups in total. The van der Waals surface area contributed by atoms with Crippen LogP contribution >= 0.6 is 0 Å². The lowest BCUT2D eigenvalue weighted by atomic mass is 9.91. The molecule has 1 amide bonds. The van der Waals surface area contributed by atoms with Gasteiger partial charge in [-0.15, -0.1) is 0 Å². The first-order chi connectivity index (χ1) is 11.2. The molecule has 4 nitrogen and oxygen atoms in total. The molecule has 0 saturated carbocycles. The van der Waals surface area contributed by atoms with Gasteiger partial charge >= 0.3 is 0 Å². The number of carbonyl (C=O) groups excluding carboxylic acids is 1. The summed E-state index contributed by atoms with van der Waals surface area (Å²) in [5.74, 6) is -2.90. The van der Waals surface area contributed by atoms with Crippen molar-refractivity contribution in [1.29, 1.82) is 5.41 Å². The number of nitrogens with zero attached hydrogens (tertiary/aromatic N) is 1. The number of carbonyl (C=O) groups is 1. The summed E-state index contributed by atoms with van der Waals surface area (Å²) >= 11 is 0. The van der Waals surface area contributed by atoms with Gasteiger partial charge in [0.1, 0.15) is 5.56 Å². The molecular formula is C18H19F2N3O. The van der Waals surface area contributed by atoms with Gasteiger partial charge in [-0.25, -0.2) is 8.78 Å². The predicted octanol–water partition coefficient (Wildman–Crippen LogP) is 3.63. The first-order valence-electron chi connectivity index (χ1n) is 7.46. The Bertz CT molecular complexity index is 767. The van der Waals surface area contributed by atoms with Gasteiger partial charge in [0.25, 0.3) is 5.91 Å². The van der Waals surface area contributed by atoms with Crippen LogP contribution in [0, 0.1) is 24.0 Å². The number of aryl methyl sites for hydroxylation is 1. The number of hydrogen-bond donors (Lipinski definition) is 2. The van der Waals surface area contributed by atoms with Gasteiger partial charge in [0.05, 0.1) is 12.4 Å². The van der Waals surface area contributed by atoms with Crippen LogP contribution in [0.5, 0.6) is 0 Å². The van der Waals surface area contributed by atoms with Crippen molar-refractivity contribution in [3.8, 4) is 0 Å². The molecule has 24 heavy (non-hydrogen) atoms. The Hall–Kier alpha value is -2.63. The quantitative estimate of drug-likeness (QED) is 0.822. The van der Waals surface area contributed by atoms with Gasteiger partial charge in [0, 0.05) is 17.7 Å². The molecule has 0 aliphatic carbocycles. The summed E-state index contributed by atoms with van der Waals surface area (Å²) in [6.45, 7) is 5.31. The SMILES string of the molecule is Cc1ccccc1C(=N)CC(C)(C)NC(=O)c1c(F)cncc1F. The molecule has 6 heteroatoms. The van der Waals surface area contributed by atoms with Crippen molar-refractivity contribution in [3.63, 3.8) is 0 Å². The Kier molecular flexibility index (Phi) is 5.07. The van der Waals surface area contributed by atoms with E-state index in [-0.39, 0.29) is 6.42 Å². The van der Waals surface area contributed by atoms with Gasteiger partial charge in [0.15, 0.2) is 11.6 Å². The maximum absolute atomic E-state index is 13.7. The Morgan fingerprint density at radius 2 is 1.79 bits per heavy atom. The van der Waals surface area contributed by atoms with Crippen molar-refractivity contribution in [2.45, 2.75) is 32.7 Å². The van der Waals surface area contributed by atoms with Crippen LogP contribution in [0.3, 0.4) is 0 Å². The summed E-state index contributed by atoms with van der Waals surface area (Å²) in [6, 6.07) is 7.45. The molecule has 2 aromatic rings. The molecule has 1 aromatic carbocycles. The van der Waals surface area contributed by atoms with Crippen LogP contribution in [0.2, 0.25) is 0 Å². The second-order valence-electron chi connectivity index (χ2n) is 6.29. The fourth-order valence-electron chi connectivity index (χ4n) is 2.49. The molecule has 0 radical (unpaired) electrons. The Morgan fingerprint density at radius 1 is 1.21 bits per heavy atom. The number of benzene rings is 1. The maximum atomic E-state index is 13.7. The van der Waals surface area contributed by atoms with Crippen molar-refractivity contribution in [2.24, 2.45) is 0 Å². The van der Waals surface area contributed by atoms with E-state index in [0.717, 1.165) is 23.5 Å². The van der Waals surface area contributed by atoms with E-state index >= 15 is 0 Å². The molecule has 0 bridgehead atoms. The molecule has 0 atom stereocenters. The number of amides is 1. The normalized spacial score (nSPS) is 11.2. The van der Waals surface area contributed by atoms with Gasteiger partial charge in [-0.05, 0) is 31.9 Å². The van der Waals surface area contributed by atoms with E-state index in [0.29, 0.717) is 5.71 Å². The molecular weight excluding hydrogens is 312 g/mol. The summed E-state index contributed by atoms with van der Waals surface area (Å²) in [6.07, 6.45) is 1.80. The topological polar surface area (TPSA) is 65.8 Å². The minimum atomic E-state index is -1.02. The van der Waals surface area contributed by atoms with Gasteiger partial charge in [-0.3, -0.25) is 9.78 Å². The van der Waals surface area contributed by atoms with Crippen molar-refractivity contribution in [1.82, 2.24) is 10.3 Å². The van der Waals surface area contributed by atoms with E-state index in [1.165, 1.54) is 0 Å². The van der Waals surface area contributed by atoms with Crippen molar-refractivity contribution < 1.29 is 13.6 Å². The lowest BCUT2D eigenvalue weighted by Crippen LogP contribution is -2.45. The minimum Gasteiger partial charge on any atom is -0.347 e. The first-order valence-corrected chi connectivity index (χ1v) is 7.46. The number of hydrogen-bond acceptors (Lipinski definition) is 3. The van der Waals surface area contributed by atoms with E-state index in [4.69, 9.17) is 5.41 Å². The van der Waals surface area contributed by atoms with E-state index in [2.05, 4.69) is 10.3 Å². The molecule has 0 saturated heterocycles. The maximum Gasteiger partial charge on any atom is 0.257 e. The Morgan fingerprint density at radius 3 is 2.38 bits per heavy atom. The van der Waals surface area contributed by atoms with Crippen molar-refractivity contribution >= 4 is 11.6 Å². The number of aromatic nitrogens is 1. The van der Waals surface area contributed by atoms with E-state index in [1.54, 1.807) is 13.8 Å². The molecule has 2 rings (SSSR count). The lowest BCUT2D eigenvalue weighted by Gasteiger charge is -2.27. The molecule has 0 spiro atoms. The van der Waals surface area contributed by atoms with Crippen LogP contribution in [0.1, 0.15) is 41.8 Å². The highest BCUT2D eigenvalue weighted by atomic mass is 19.1.